The molecule has 0 aromatic heterocycles. The lowest BCUT2D eigenvalue weighted by Crippen LogP contribution is -2.49. The highest BCUT2D eigenvalue weighted by Crippen LogP contribution is 2.36. The predicted octanol–water partition coefficient (Wildman–Crippen LogP) is 3.96. The number of nitrogens with two attached hydrogens (primary N) is 1. The molecule has 1 aliphatic heterocycles. The fourth-order valence-corrected chi connectivity index (χ4v) is 4.46. The van der Waals surface area contributed by atoms with Crippen LogP contribution in [0.4, 0.5) is 0 Å². The van der Waals surface area contributed by atoms with Crippen LogP contribution in [0, 0.1) is 19.8 Å². The van der Waals surface area contributed by atoms with Crippen LogP contribution in [0.5, 0.6) is 0 Å². The van der Waals surface area contributed by atoms with E-state index in [1.54, 1.807) is 0 Å². The largest absolute Gasteiger partial charge is 0.323 e. The summed E-state index contributed by atoms with van der Waals surface area (Å²) >= 11 is 0. The first-order valence-electron chi connectivity index (χ1n) is 8.72. The van der Waals surface area contributed by atoms with Crippen molar-refractivity contribution < 1.29 is 0 Å². The van der Waals surface area contributed by atoms with E-state index >= 15 is 0 Å². The van der Waals surface area contributed by atoms with E-state index < -0.39 is 0 Å². The molecule has 1 saturated heterocycles. The van der Waals surface area contributed by atoms with E-state index in [2.05, 4.69) is 36.9 Å². The average molecular weight is 286 g/mol. The number of aryl methyl sites for hydroxylation is 2. The second-order valence-corrected chi connectivity index (χ2v) is 7.22. The third kappa shape index (κ3) is 3.32. The maximum atomic E-state index is 6.58. The summed E-state index contributed by atoms with van der Waals surface area (Å²) in [7, 11) is 0. The molecule has 1 aromatic rings. The van der Waals surface area contributed by atoms with Gasteiger partial charge in [0.1, 0.15) is 0 Å². The van der Waals surface area contributed by atoms with Crippen molar-refractivity contribution in [3.63, 3.8) is 0 Å². The molecule has 0 bridgehead atoms. The first kappa shape index (κ1) is 15.1. The van der Waals surface area contributed by atoms with Gasteiger partial charge in [0.05, 0.1) is 0 Å². The molecule has 116 valence electrons. The number of likely N-dealkylation sites (tertiary alicyclic amines) is 1. The van der Waals surface area contributed by atoms with E-state index in [1.807, 2.05) is 0 Å². The van der Waals surface area contributed by atoms with Crippen LogP contribution < -0.4 is 5.73 Å². The third-order valence-corrected chi connectivity index (χ3v) is 5.62. The first-order valence-corrected chi connectivity index (χ1v) is 8.72. The van der Waals surface area contributed by atoms with E-state index in [4.69, 9.17) is 5.73 Å². The summed E-state index contributed by atoms with van der Waals surface area (Å²) in [5.41, 5.74) is 10.6. The van der Waals surface area contributed by atoms with Gasteiger partial charge in [0.25, 0.3) is 0 Å². The minimum Gasteiger partial charge on any atom is -0.323 e. The van der Waals surface area contributed by atoms with Gasteiger partial charge in [0, 0.05) is 18.6 Å². The molecule has 2 nitrogen and oxygen atoms in total. The lowest BCUT2D eigenvalue weighted by atomic mass is 9.78. The molecule has 1 saturated carbocycles. The number of hydrogen-bond acceptors (Lipinski definition) is 2. The van der Waals surface area contributed by atoms with Crippen molar-refractivity contribution in [3.05, 3.63) is 34.9 Å². The summed E-state index contributed by atoms with van der Waals surface area (Å²) in [6.07, 6.45) is 8.50. The molecule has 2 aliphatic rings. The highest BCUT2D eigenvalue weighted by atomic mass is 15.2. The van der Waals surface area contributed by atoms with Gasteiger partial charge in [0.15, 0.2) is 0 Å². The van der Waals surface area contributed by atoms with Crippen LogP contribution in [0.25, 0.3) is 0 Å². The Hall–Kier alpha value is -0.860. The van der Waals surface area contributed by atoms with Crippen molar-refractivity contribution in [2.24, 2.45) is 11.7 Å². The van der Waals surface area contributed by atoms with Crippen molar-refractivity contribution in [3.8, 4) is 0 Å². The van der Waals surface area contributed by atoms with Crippen molar-refractivity contribution in [1.82, 2.24) is 4.90 Å². The lowest BCUT2D eigenvalue weighted by molar-refractivity contribution is 0.0561. The Labute approximate surface area is 129 Å². The molecule has 0 amide bonds. The summed E-state index contributed by atoms with van der Waals surface area (Å²) in [5, 5.41) is 0. The third-order valence-electron chi connectivity index (χ3n) is 5.62. The van der Waals surface area contributed by atoms with Gasteiger partial charge in [-0.05, 0) is 63.1 Å². The second kappa shape index (κ2) is 6.50. The number of piperidine rings is 1. The Morgan fingerprint density at radius 1 is 1.14 bits per heavy atom. The smallest absolute Gasteiger partial charge is 0.0427 e. The molecule has 3 atom stereocenters. The summed E-state index contributed by atoms with van der Waals surface area (Å²) in [4.78, 5) is 2.71. The standard InChI is InChI=1S/C19H30N2/c1-14-9-10-15(2)17(12-14)18(20)13-21-11-5-7-16-6-3-4-8-19(16)21/h9-10,12,16,18-19H,3-8,11,13,20H2,1-2H3/t16-,18?,19-/m1/s1. The molecule has 3 rings (SSSR count). The molecule has 0 radical (unpaired) electrons. The normalized spacial score (nSPS) is 28.1. The molecular weight excluding hydrogens is 256 g/mol. The Morgan fingerprint density at radius 2 is 1.90 bits per heavy atom. The number of hydrogen-bond donors (Lipinski definition) is 1. The molecule has 2 N–H and O–H groups in total. The Kier molecular flexibility index (Phi) is 4.66. The molecule has 0 spiro atoms. The number of nitrogens with zero attached hydrogens (tertiary/aromatic N) is 1. The maximum Gasteiger partial charge on any atom is 0.0427 e. The van der Waals surface area contributed by atoms with Gasteiger partial charge in [-0.2, -0.15) is 0 Å². The van der Waals surface area contributed by atoms with Gasteiger partial charge in [0.2, 0.25) is 0 Å². The predicted molar refractivity (Wildman–Crippen MR) is 89.4 cm³/mol. The van der Waals surface area contributed by atoms with E-state index in [0.29, 0.717) is 0 Å². The summed E-state index contributed by atoms with van der Waals surface area (Å²) < 4.78 is 0. The molecule has 21 heavy (non-hydrogen) atoms. The topological polar surface area (TPSA) is 29.3 Å². The summed E-state index contributed by atoms with van der Waals surface area (Å²) in [6, 6.07) is 7.64. The molecule has 2 heteroatoms. The fourth-order valence-electron chi connectivity index (χ4n) is 4.46. The van der Waals surface area contributed by atoms with Gasteiger partial charge in [-0.25, -0.2) is 0 Å². The van der Waals surface area contributed by atoms with Crippen molar-refractivity contribution >= 4 is 0 Å². The van der Waals surface area contributed by atoms with E-state index in [0.717, 1.165) is 18.5 Å². The second-order valence-electron chi connectivity index (χ2n) is 7.22. The van der Waals surface area contributed by atoms with Gasteiger partial charge < -0.3 is 5.73 Å². The van der Waals surface area contributed by atoms with Crippen LogP contribution >= 0.6 is 0 Å². The van der Waals surface area contributed by atoms with Gasteiger partial charge in [-0.15, -0.1) is 0 Å². The van der Waals surface area contributed by atoms with Crippen molar-refractivity contribution in [2.45, 2.75) is 64.5 Å². The molecule has 1 unspecified atom stereocenters. The van der Waals surface area contributed by atoms with E-state index in [1.165, 1.54) is 61.8 Å². The average Bonchev–Trinajstić information content (AvgIpc) is 2.50. The van der Waals surface area contributed by atoms with Gasteiger partial charge in [-0.1, -0.05) is 36.6 Å². The highest BCUT2D eigenvalue weighted by molar-refractivity contribution is 5.33. The van der Waals surface area contributed by atoms with Crippen molar-refractivity contribution in [1.29, 1.82) is 0 Å². The summed E-state index contributed by atoms with van der Waals surface area (Å²) in [6.45, 7) is 6.63. The van der Waals surface area contributed by atoms with Gasteiger partial charge >= 0.3 is 0 Å². The minimum absolute atomic E-state index is 0.158. The zero-order valence-corrected chi connectivity index (χ0v) is 13.6. The number of benzene rings is 1. The van der Waals surface area contributed by atoms with Gasteiger partial charge in [-0.3, -0.25) is 4.90 Å². The van der Waals surface area contributed by atoms with Crippen LogP contribution in [0.3, 0.4) is 0 Å². The lowest BCUT2D eigenvalue weighted by Gasteiger charge is -2.45. The Morgan fingerprint density at radius 3 is 2.76 bits per heavy atom. The van der Waals surface area contributed by atoms with Crippen molar-refractivity contribution in [2.75, 3.05) is 13.1 Å². The SMILES string of the molecule is Cc1ccc(C)c(C(N)CN2CCC[C@H]3CCCC[C@H]32)c1. The Balaban J connectivity index is 1.71. The zero-order chi connectivity index (χ0) is 14.8. The number of rotatable bonds is 3. The van der Waals surface area contributed by atoms with E-state index in [9.17, 15) is 0 Å². The van der Waals surface area contributed by atoms with Crippen LogP contribution in [-0.2, 0) is 0 Å². The zero-order valence-electron chi connectivity index (χ0n) is 13.6. The number of fused-ring (bicyclic) bond motifs is 1. The first-order chi connectivity index (χ1) is 10.1. The maximum absolute atomic E-state index is 6.58. The fraction of sp³-hybridized carbons (Fsp3) is 0.684. The molecule has 2 fully saturated rings. The van der Waals surface area contributed by atoms with Crippen LogP contribution in [0.15, 0.2) is 18.2 Å². The quantitative estimate of drug-likeness (QED) is 0.911. The summed E-state index contributed by atoms with van der Waals surface area (Å²) in [5.74, 6) is 0.943. The Bertz CT molecular complexity index is 480. The van der Waals surface area contributed by atoms with Crippen LogP contribution in [0.2, 0.25) is 0 Å². The monoisotopic (exact) mass is 286 g/mol. The molecule has 1 aliphatic carbocycles. The molecular formula is C19H30N2. The van der Waals surface area contributed by atoms with Crippen LogP contribution in [0.1, 0.15) is 61.3 Å². The van der Waals surface area contributed by atoms with E-state index in [-0.39, 0.29) is 6.04 Å². The highest BCUT2D eigenvalue weighted by Gasteiger charge is 2.33. The van der Waals surface area contributed by atoms with Crippen LogP contribution in [-0.4, -0.2) is 24.0 Å². The molecule has 1 aromatic carbocycles. The minimum atomic E-state index is 0.158. The molecule has 1 heterocycles.